The summed E-state index contributed by atoms with van der Waals surface area (Å²) >= 11 is 0. The lowest BCUT2D eigenvalue weighted by Crippen LogP contribution is -2.27. The highest BCUT2D eigenvalue weighted by atomic mass is 15.3. The molecular formula is C15H26N6. The van der Waals surface area contributed by atoms with Crippen molar-refractivity contribution in [2.45, 2.75) is 26.3 Å². The predicted molar refractivity (Wildman–Crippen MR) is 88.0 cm³/mol. The van der Waals surface area contributed by atoms with Crippen molar-refractivity contribution in [2.75, 3.05) is 19.6 Å². The Labute approximate surface area is 126 Å². The maximum absolute atomic E-state index is 5.20. The molecule has 21 heavy (non-hydrogen) atoms. The molecule has 6 nitrogen and oxygen atoms in total. The van der Waals surface area contributed by atoms with Gasteiger partial charge in [-0.25, -0.2) is 4.99 Å². The number of nitrogens with two attached hydrogens (primary N) is 1. The fourth-order valence-electron chi connectivity index (χ4n) is 1.76. The molecule has 4 N–H and O–H groups in total. The predicted octanol–water partition coefficient (Wildman–Crippen LogP) is 1.17. The molecule has 6 heteroatoms. The standard InChI is InChI=1S/C15H26N6/c1-14-12-20-21(13-14)11-4-3-7-17-9-10-19-15(2)18-8-5-6-16/h5-6,8,12-13,17,19H,2-4,7,9-11,16H2,1H3/b6-5-,18-8-. The van der Waals surface area contributed by atoms with Crippen LogP contribution in [-0.4, -0.2) is 35.6 Å². The second-order valence-corrected chi connectivity index (χ2v) is 4.77. The van der Waals surface area contributed by atoms with Gasteiger partial charge in [0.1, 0.15) is 5.82 Å². The van der Waals surface area contributed by atoms with Crippen LogP contribution >= 0.6 is 0 Å². The van der Waals surface area contributed by atoms with Gasteiger partial charge in [-0.2, -0.15) is 5.10 Å². The first-order valence-corrected chi connectivity index (χ1v) is 7.26. The number of aromatic nitrogens is 2. The van der Waals surface area contributed by atoms with Crippen molar-refractivity contribution < 1.29 is 0 Å². The average Bonchev–Trinajstić information content (AvgIpc) is 2.87. The third-order valence-corrected chi connectivity index (χ3v) is 2.81. The molecule has 0 atom stereocenters. The molecule has 0 aliphatic rings. The second-order valence-electron chi connectivity index (χ2n) is 4.77. The second kappa shape index (κ2) is 10.7. The molecule has 0 unspecified atom stereocenters. The Bertz CT molecular complexity index is 460. The van der Waals surface area contributed by atoms with E-state index in [1.54, 1.807) is 12.3 Å². The number of aryl methyl sites for hydroxylation is 2. The van der Waals surface area contributed by atoms with Crippen LogP contribution in [-0.2, 0) is 6.54 Å². The van der Waals surface area contributed by atoms with Gasteiger partial charge >= 0.3 is 0 Å². The highest BCUT2D eigenvalue weighted by Gasteiger charge is 1.94. The first kappa shape index (κ1) is 17.0. The fraction of sp³-hybridized carbons (Fsp3) is 0.467. The Kier molecular flexibility index (Phi) is 8.63. The normalized spacial score (nSPS) is 11.5. The van der Waals surface area contributed by atoms with Gasteiger partial charge in [-0.1, -0.05) is 6.58 Å². The van der Waals surface area contributed by atoms with Crippen molar-refractivity contribution in [2.24, 2.45) is 10.7 Å². The lowest BCUT2D eigenvalue weighted by molar-refractivity contribution is 0.533. The van der Waals surface area contributed by atoms with E-state index in [-0.39, 0.29) is 0 Å². The van der Waals surface area contributed by atoms with E-state index in [2.05, 4.69) is 40.4 Å². The summed E-state index contributed by atoms with van der Waals surface area (Å²) < 4.78 is 1.99. The molecule has 116 valence electrons. The largest absolute Gasteiger partial charge is 0.405 e. The molecule has 0 bridgehead atoms. The third-order valence-electron chi connectivity index (χ3n) is 2.81. The summed E-state index contributed by atoms with van der Waals surface area (Å²) in [5, 5.41) is 10.8. The summed E-state index contributed by atoms with van der Waals surface area (Å²) in [7, 11) is 0. The first-order valence-electron chi connectivity index (χ1n) is 7.26. The highest BCUT2D eigenvalue weighted by molar-refractivity contribution is 5.71. The maximum atomic E-state index is 5.20. The van der Waals surface area contributed by atoms with Crippen molar-refractivity contribution in [1.82, 2.24) is 20.4 Å². The smallest absolute Gasteiger partial charge is 0.118 e. The SMILES string of the molecule is C=C(/N=C\C=C/N)NCCNCCCCn1cc(C)cn1. The van der Waals surface area contributed by atoms with Crippen LogP contribution in [0.25, 0.3) is 0 Å². The van der Waals surface area contributed by atoms with Crippen molar-refractivity contribution in [3.8, 4) is 0 Å². The number of rotatable bonds is 11. The molecule has 0 spiro atoms. The van der Waals surface area contributed by atoms with Crippen molar-refractivity contribution in [3.05, 3.63) is 42.6 Å². The molecule has 0 radical (unpaired) electrons. The topological polar surface area (TPSA) is 80.3 Å². The molecule has 0 saturated heterocycles. The Morgan fingerprint density at radius 2 is 2.29 bits per heavy atom. The van der Waals surface area contributed by atoms with Gasteiger partial charge in [0.25, 0.3) is 0 Å². The van der Waals surface area contributed by atoms with Crippen LogP contribution in [0.15, 0.2) is 42.1 Å². The van der Waals surface area contributed by atoms with Crippen LogP contribution in [0.1, 0.15) is 18.4 Å². The molecule has 1 aromatic rings. The Morgan fingerprint density at radius 3 is 3.00 bits per heavy atom. The number of unbranched alkanes of at least 4 members (excludes halogenated alkanes) is 1. The quantitative estimate of drug-likeness (QED) is 0.422. The molecule has 0 aliphatic heterocycles. The number of nitrogens with zero attached hydrogens (tertiary/aromatic N) is 3. The summed E-state index contributed by atoms with van der Waals surface area (Å²) in [5.74, 6) is 0.643. The minimum absolute atomic E-state index is 0.643. The molecule has 1 aromatic heterocycles. The summed E-state index contributed by atoms with van der Waals surface area (Å²) in [6.07, 6.45) is 10.9. The zero-order chi connectivity index (χ0) is 15.3. The van der Waals surface area contributed by atoms with E-state index in [1.165, 1.54) is 11.8 Å². The van der Waals surface area contributed by atoms with E-state index in [0.29, 0.717) is 5.82 Å². The summed E-state index contributed by atoms with van der Waals surface area (Å²) in [5.41, 5.74) is 6.41. The van der Waals surface area contributed by atoms with Crippen LogP contribution < -0.4 is 16.4 Å². The van der Waals surface area contributed by atoms with Gasteiger partial charge in [0.2, 0.25) is 0 Å². The Hall–Kier alpha value is -2.08. The van der Waals surface area contributed by atoms with E-state index in [9.17, 15) is 0 Å². The molecule has 0 aliphatic carbocycles. The lowest BCUT2D eigenvalue weighted by atomic mass is 10.3. The van der Waals surface area contributed by atoms with Crippen molar-refractivity contribution in [1.29, 1.82) is 0 Å². The van der Waals surface area contributed by atoms with Crippen LogP contribution in [0.2, 0.25) is 0 Å². The van der Waals surface area contributed by atoms with Gasteiger partial charge in [-0.3, -0.25) is 4.68 Å². The van der Waals surface area contributed by atoms with Crippen molar-refractivity contribution >= 4 is 6.21 Å². The maximum Gasteiger partial charge on any atom is 0.118 e. The highest BCUT2D eigenvalue weighted by Crippen LogP contribution is 1.97. The van der Waals surface area contributed by atoms with E-state index in [1.807, 2.05) is 10.9 Å². The van der Waals surface area contributed by atoms with Gasteiger partial charge in [-0.15, -0.1) is 0 Å². The van der Waals surface area contributed by atoms with Crippen LogP contribution in [0.5, 0.6) is 0 Å². The van der Waals surface area contributed by atoms with Crippen LogP contribution in [0.4, 0.5) is 0 Å². The van der Waals surface area contributed by atoms with Gasteiger partial charge in [0.05, 0.1) is 6.20 Å². The molecule has 0 amide bonds. The zero-order valence-corrected chi connectivity index (χ0v) is 12.8. The number of nitrogens with one attached hydrogen (secondary N) is 2. The number of allylic oxidation sites excluding steroid dienone is 1. The summed E-state index contributed by atoms with van der Waals surface area (Å²) in [6, 6.07) is 0. The van der Waals surface area contributed by atoms with Gasteiger partial charge in [0.15, 0.2) is 0 Å². The van der Waals surface area contributed by atoms with E-state index in [4.69, 9.17) is 5.73 Å². The molecule has 0 saturated carbocycles. The van der Waals surface area contributed by atoms with Crippen molar-refractivity contribution in [3.63, 3.8) is 0 Å². The number of hydrogen-bond donors (Lipinski definition) is 3. The van der Waals surface area contributed by atoms with E-state index in [0.717, 1.165) is 39.0 Å². The lowest BCUT2D eigenvalue weighted by Gasteiger charge is -2.07. The monoisotopic (exact) mass is 290 g/mol. The van der Waals surface area contributed by atoms with Gasteiger partial charge in [0, 0.05) is 32.0 Å². The van der Waals surface area contributed by atoms with E-state index < -0.39 is 0 Å². The average molecular weight is 290 g/mol. The molecule has 0 aromatic carbocycles. The third kappa shape index (κ3) is 8.65. The minimum Gasteiger partial charge on any atom is -0.405 e. The molecule has 1 heterocycles. The van der Waals surface area contributed by atoms with Crippen LogP contribution in [0.3, 0.4) is 0 Å². The zero-order valence-electron chi connectivity index (χ0n) is 12.8. The van der Waals surface area contributed by atoms with Gasteiger partial charge < -0.3 is 16.4 Å². The Balaban J connectivity index is 1.91. The molecular weight excluding hydrogens is 264 g/mol. The number of aliphatic imine (C=N–C) groups is 1. The fourth-order valence-corrected chi connectivity index (χ4v) is 1.76. The van der Waals surface area contributed by atoms with Crippen LogP contribution in [0, 0.1) is 6.92 Å². The minimum atomic E-state index is 0.643. The summed E-state index contributed by atoms with van der Waals surface area (Å²) in [6.45, 7) is 9.53. The Morgan fingerprint density at radius 1 is 1.43 bits per heavy atom. The molecule has 1 rings (SSSR count). The number of hydrogen-bond acceptors (Lipinski definition) is 5. The first-order chi connectivity index (χ1) is 10.2. The molecule has 0 fully saturated rings. The van der Waals surface area contributed by atoms with E-state index >= 15 is 0 Å². The summed E-state index contributed by atoms with van der Waals surface area (Å²) in [4.78, 5) is 4.06. The van der Waals surface area contributed by atoms with Gasteiger partial charge in [-0.05, 0) is 44.1 Å².